The third-order valence-corrected chi connectivity index (χ3v) is 4.12. The number of nitrogens with one attached hydrogen (secondary N) is 1. The van der Waals surface area contributed by atoms with E-state index in [0.29, 0.717) is 13.0 Å². The molecule has 2 aromatic rings. The topological polar surface area (TPSA) is 89.3 Å². The van der Waals surface area contributed by atoms with Gasteiger partial charge in [0.15, 0.2) is 0 Å². The van der Waals surface area contributed by atoms with Crippen molar-refractivity contribution in [2.45, 2.75) is 11.3 Å². The number of carbonyl (C=O) groups excluding carboxylic acids is 1. The molecule has 0 heterocycles. The van der Waals surface area contributed by atoms with Crippen molar-refractivity contribution < 1.29 is 13.2 Å². The lowest BCUT2D eigenvalue weighted by atomic mass is 10.1. The first-order valence-electron chi connectivity index (χ1n) is 7.08. The van der Waals surface area contributed by atoms with E-state index in [1.54, 1.807) is 18.2 Å². The molecule has 0 saturated heterocycles. The summed E-state index contributed by atoms with van der Waals surface area (Å²) >= 11 is 0. The largest absolute Gasteiger partial charge is 0.352 e. The molecule has 23 heavy (non-hydrogen) atoms. The van der Waals surface area contributed by atoms with Crippen LogP contribution in [-0.4, -0.2) is 20.9 Å². The van der Waals surface area contributed by atoms with Crippen molar-refractivity contribution in [1.29, 1.82) is 0 Å². The molecule has 0 aliphatic rings. The molecule has 5 nitrogen and oxygen atoms in total. The lowest BCUT2D eigenvalue weighted by molar-refractivity contribution is -0.116. The summed E-state index contributed by atoms with van der Waals surface area (Å²) in [6, 6.07) is 15.8. The predicted octanol–water partition coefficient (Wildman–Crippen LogP) is 1.71. The van der Waals surface area contributed by atoms with Gasteiger partial charge in [0.25, 0.3) is 0 Å². The van der Waals surface area contributed by atoms with Gasteiger partial charge in [0.1, 0.15) is 0 Å². The number of amides is 1. The summed E-state index contributed by atoms with van der Waals surface area (Å²) in [5, 5.41) is 7.81. The van der Waals surface area contributed by atoms with Crippen molar-refractivity contribution in [3.05, 3.63) is 71.8 Å². The van der Waals surface area contributed by atoms with Crippen LogP contribution in [0.4, 0.5) is 0 Å². The SMILES string of the molecule is NS(=O)(=O)c1ccc(CCNC(=O)C=Cc2ccccc2)cc1. The van der Waals surface area contributed by atoms with Gasteiger partial charge in [-0.25, -0.2) is 13.6 Å². The Balaban J connectivity index is 1.80. The Morgan fingerprint density at radius 1 is 1.04 bits per heavy atom. The molecule has 3 N–H and O–H groups in total. The third kappa shape index (κ3) is 5.69. The second-order valence-corrected chi connectivity index (χ2v) is 6.54. The summed E-state index contributed by atoms with van der Waals surface area (Å²) in [5.41, 5.74) is 1.88. The van der Waals surface area contributed by atoms with Gasteiger partial charge in [-0.05, 0) is 35.8 Å². The molecule has 2 aromatic carbocycles. The van der Waals surface area contributed by atoms with Crippen LogP contribution in [0.1, 0.15) is 11.1 Å². The standard InChI is InChI=1S/C17H18N2O3S/c18-23(21,22)16-9-6-15(7-10-16)12-13-19-17(20)11-8-14-4-2-1-3-5-14/h1-11H,12-13H2,(H,19,20)(H2,18,21,22). The highest BCUT2D eigenvalue weighted by atomic mass is 32.2. The zero-order valence-corrected chi connectivity index (χ0v) is 13.3. The fourth-order valence-electron chi connectivity index (χ4n) is 1.97. The molecule has 0 fully saturated rings. The van der Waals surface area contributed by atoms with E-state index in [1.165, 1.54) is 18.2 Å². The second kappa shape index (κ2) is 7.71. The number of nitrogens with two attached hydrogens (primary N) is 1. The number of benzene rings is 2. The van der Waals surface area contributed by atoms with Crippen molar-refractivity contribution >= 4 is 22.0 Å². The fourth-order valence-corrected chi connectivity index (χ4v) is 2.49. The molecule has 0 atom stereocenters. The van der Waals surface area contributed by atoms with Crippen molar-refractivity contribution in [3.8, 4) is 0 Å². The van der Waals surface area contributed by atoms with Crippen LogP contribution in [0.15, 0.2) is 65.6 Å². The lowest BCUT2D eigenvalue weighted by Gasteiger charge is -2.04. The molecular formula is C17H18N2O3S. The van der Waals surface area contributed by atoms with Gasteiger partial charge in [-0.15, -0.1) is 0 Å². The average molecular weight is 330 g/mol. The van der Waals surface area contributed by atoms with Gasteiger partial charge in [-0.3, -0.25) is 4.79 Å². The summed E-state index contributed by atoms with van der Waals surface area (Å²) in [6.07, 6.45) is 3.84. The Morgan fingerprint density at radius 3 is 2.30 bits per heavy atom. The van der Waals surface area contributed by atoms with Crippen LogP contribution in [0.25, 0.3) is 6.08 Å². The van der Waals surface area contributed by atoms with Crippen molar-refractivity contribution in [2.24, 2.45) is 5.14 Å². The first kappa shape index (κ1) is 16.9. The van der Waals surface area contributed by atoms with Gasteiger partial charge in [0.05, 0.1) is 4.90 Å². The molecule has 1 amide bonds. The van der Waals surface area contributed by atoms with E-state index in [2.05, 4.69) is 5.32 Å². The van der Waals surface area contributed by atoms with E-state index in [1.807, 2.05) is 30.3 Å². The van der Waals surface area contributed by atoms with Crippen LogP contribution in [0.5, 0.6) is 0 Å². The maximum absolute atomic E-state index is 11.7. The van der Waals surface area contributed by atoms with E-state index >= 15 is 0 Å². The van der Waals surface area contributed by atoms with Crippen molar-refractivity contribution in [3.63, 3.8) is 0 Å². The quantitative estimate of drug-likeness (QED) is 0.790. The zero-order chi connectivity index (χ0) is 16.7. The van der Waals surface area contributed by atoms with E-state index in [-0.39, 0.29) is 10.8 Å². The van der Waals surface area contributed by atoms with Crippen molar-refractivity contribution in [1.82, 2.24) is 5.32 Å². The average Bonchev–Trinajstić information content (AvgIpc) is 2.53. The van der Waals surface area contributed by atoms with Crippen LogP contribution < -0.4 is 10.5 Å². The molecule has 0 spiro atoms. The number of carbonyl (C=O) groups is 1. The smallest absolute Gasteiger partial charge is 0.244 e. The Bertz CT molecular complexity index is 782. The Hall–Kier alpha value is -2.44. The normalized spacial score (nSPS) is 11.5. The minimum Gasteiger partial charge on any atom is -0.352 e. The maximum Gasteiger partial charge on any atom is 0.244 e. The molecule has 0 unspecified atom stereocenters. The van der Waals surface area contributed by atoms with Crippen LogP contribution in [0.2, 0.25) is 0 Å². The summed E-state index contributed by atoms with van der Waals surface area (Å²) < 4.78 is 22.3. The minimum absolute atomic E-state index is 0.0797. The number of hydrogen-bond donors (Lipinski definition) is 2. The van der Waals surface area contributed by atoms with Gasteiger partial charge in [-0.2, -0.15) is 0 Å². The van der Waals surface area contributed by atoms with Crippen molar-refractivity contribution in [2.75, 3.05) is 6.54 Å². The second-order valence-electron chi connectivity index (χ2n) is 4.97. The minimum atomic E-state index is -3.67. The summed E-state index contributed by atoms with van der Waals surface area (Å²) in [4.78, 5) is 11.8. The maximum atomic E-state index is 11.7. The first-order valence-corrected chi connectivity index (χ1v) is 8.62. The Labute approximate surface area is 135 Å². The molecule has 0 aliphatic carbocycles. The van der Waals surface area contributed by atoms with Crippen LogP contribution >= 0.6 is 0 Å². The van der Waals surface area contributed by atoms with Crippen LogP contribution in [0.3, 0.4) is 0 Å². The van der Waals surface area contributed by atoms with Gasteiger partial charge in [-0.1, -0.05) is 42.5 Å². The molecule has 120 valence electrons. The highest BCUT2D eigenvalue weighted by Gasteiger charge is 2.06. The first-order chi connectivity index (χ1) is 10.9. The van der Waals surface area contributed by atoms with E-state index in [4.69, 9.17) is 5.14 Å². The molecule has 6 heteroatoms. The molecule has 0 aromatic heterocycles. The monoisotopic (exact) mass is 330 g/mol. The number of rotatable bonds is 6. The molecule has 0 bridgehead atoms. The Kier molecular flexibility index (Phi) is 5.67. The zero-order valence-electron chi connectivity index (χ0n) is 12.5. The Morgan fingerprint density at radius 2 is 1.70 bits per heavy atom. The molecule has 0 radical (unpaired) electrons. The molecule has 0 saturated carbocycles. The number of hydrogen-bond acceptors (Lipinski definition) is 3. The van der Waals surface area contributed by atoms with Gasteiger partial charge < -0.3 is 5.32 Å². The fraction of sp³-hybridized carbons (Fsp3) is 0.118. The number of sulfonamides is 1. The van der Waals surface area contributed by atoms with Gasteiger partial charge in [0, 0.05) is 12.6 Å². The predicted molar refractivity (Wildman–Crippen MR) is 90.0 cm³/mol. The summed E-state index contributed by atoms with van der Waals surface area (Å²) in [7, 11) is -3.67. The summed E-state index contributed by atoms with van der Waals surface area (Å²) in [6.45, 7) is 0.465. The van der Waals surface area contributed by atoms with Crippen LogP contribution in [-0.2, 0) is 21.2 Å². The lowest BCUT2D eigenvalue weighted by Crippen LogP contribution is -2.23. The molecular weight excluding hydrogens is 312 g/mol. The van der Waals surface area contributed by atoms with Gasteiger partial charge >= 0.3 is 0 Å². The highest BCUT2D eigenvalue weighted by molar-refractivity contribution is 7.89. The summed E-state index contributed by atoms with van der Waals surface area (Å²) in [5.74, 6) is -0.171. The third-order valence-electron chi connectivity index (χ3n) is 3.19. The van der Waals surface area contributed by atoms with E-state index in [9.17, 15) is 13.2 Å². The van der Waals surface area contributed by atoms with Gasteiger partial charge in [0.2, 0.25) is 15.9 Å². The number of primary sulfonamides is 1. The molecule has 0 aliphatic heterocycles. The van der Waals surface area contributed by atoms with E-state index in [0.717, 1.165) is 11.1 Å². The highest BCUT2D eigenvalue weighted by Crippen LogP contribution is 2.08. The van der Waals surface area contributed by atoms with Crippen LogP contribution in [0, 0.1) is 0 Å². The van der Waals surface area contributed by atoms with E-state index < -0.39 is 10.0 Å². The molecule has 2 rings (SSSR count).